The van der Waals surface area contributed by atoms with Gasteiger partial charge in [0.2, 0.25) is 0 Å². The lowest BCUT2D eigenvalue weighted by Gasteiger charge is -2.42. The molecule has 0 aliphatic carbocycles. The molecule has 2 aliphatic heterocycles. The van der Waals surface area contributed by atoms with Crippen molar-refractivity contribution in [3.63, 3.8) is 0 Å². The zero-order valence-electron chi connectivity index (χ0n) is 44.9. The number of esters is 2. The summed E-state index contributed by atoms with van der Waals surface area (Å²) in [7, 11) is 0. The van der Waals surface area contributed by atoms with E-state index in [-0.39, 0.29) is 26.1 Å². The van der Waals surface area contributed by atoms with Crippen LogP contribution in [0, 0.1) is 0 Å². The lowest BCUT2D eigenvalue weighted by Crippen LogP contribution is -2.61. The molecule has 15 nitrogen and oxygen atoms in total. The van der Waals surface area contributed by atoms with Crippen LogP contribution in [0.15, 0.2) is 24.3 Å². The summed E-state index contributed by atoms with van der Waals surface area (Å²) in [6, 6.07) is 0. The van der Waals surface area contributed by atoms with Crippen LogP contribution in [0.25, 0.3) is 0 Å². The Labute approximate surface area is 434 Å². The number of rotatable bonds is 46. The van der Waals surface area contributed by atoms with Crippen LogP contribution < -0.4 is 0 Å². The average Bonchev–Trinajstić information content (AvgIpc) is 3.37. The summed E-state index contributed by atoms with van der Waals surface area (Å²) >= 11 is 0. The maximum absolute atomic E-state index is 13.0. The average molecular weight is 1030 g/mol. The van der Waals surface area contributed by atoms with Crippen molar-refractivity contribution in [2.75, 3.05) is 26.4 Å². The van der Waals surface area contributed by atoms with E-state index in [1.165, 1.54) is 154 Å². The molecule has 2 fully saturated rings. The smallest absolute Gasteiger partial charge is 0.306 e. The normalized spacial score (nSPS) is 25.1. The molecular weight excluding hydrogens is 925 g/mol. The number of allylic oxidation sites excluding steroid dienone is 4. The Morgan fingerprint density at radius 2 is 0.792 bits per heavy atom. The second-order valence-electron chi connectivity index (χ2n) is 20.5. The fourth-order valence-corrected chi connectivity index (χ4v) is 9.15. The molecule has 0 saturated carbocycles. The number of carbonyl (C=O) groups excluding carboxylic acids is 2. The number of hydrogen-bond donors (Lipinski definition) is 7. The highest BCUT2D eigenvalue weighted by Crippen LogP contribution is 2.27. The minimum Gasteiger partial charge on any atom is -0.462 e. The van der Waals surface area contributed by atoms with Crippen LogP contribution in [0.5, 0.6) is 0 Å². The van der Waals surface area contributed by atoms with Crippen molar-refractivity contribution >= 4 is 11.9 Å². The van der Waals surface area contributed by atoms with Gasteiger partial charge in [0, 0.05) is 12.8 Å². The maximum Gasteiger partial charge on any atom is 0.306 e. The Morgan fingerprint density at radius 3 is 1.25 bits per heavy atom. The molecule has 2 aliphatic rings. The molecule has 0 aromatic carbocycles. The molecule has 2 rings (SSSR count). The predicted molar refractivity (Wildman–Crippen MR) is 280 cm³/mol. The molecule has 7 N–H and O–H groups in total. The van der Waals surface area contributed by atoms with Crippen molar-refractivity contribution in [3.8, 4) is 0 Å². The van der Waals surface area contributed by atoms with E-state index in [9.17, 15) is 45.3 Å². The van der Waals surface area contributed by atoms with Crippen molar-refractivity contribution < 1.29 is 73.8 Å². The van der Waals surface area contributed by atoms with Gasteiger partial charge in [0.1, 0.15) is 55.4 Å². The third-order valence-corrected chi connectivity index (χ3v) is 13.9. The number of aliphatic hydroxyl groups excluding tert-OH is 7. The Hall–Kier alpha value is -2.02. The quantitative estimate of drug-likeness (QED) is 0.0171. The van der Waals surface area contributed by atoms with Crippen LogP contribution in [0.3, 0.4) is 0 Å². The summed E-state index contributed by atoms with van der Waals surface area (Å²) in [5.74, 6) is -0.942. The van der Waals surface area contributed by atoms with Crippen molar-refractivity contribution in [3.05, 3.63) is 24.3 Å². The van der Waals surface area contributed by atoms with E-state index < -0.39 is 92.7 Å². The van der Waals surface area contributed by atoms with E-state index in [4.69, 9.17) is 28.4 Å². The first-order valence-corrected chi connectivity index (χ1v) is 28.9. The number of hydrogen-bond acceptors (Lipinski definition) is 15. The highest BCUT2D eigenvalue weighted by atomic mass is 16.7. The van der Waals surface area contributed by atoms with Gasteiger partial charge in [-0.3, -0.25) is 9.59 Å². The van der Waals surface area contributed by atoms with Gasteiger partial charge in [-0.2, -0.15) is 0 Å². The SMILES string of the molecule is CCCCCCCC/C=C/CCCCCCCCCCCCCC(=O)OC[C@@H](CO[C@@H]1O[C@H](CO[C@@H]2O[C@H](CO)[C@H](O)C(O)C2O)[C@H](O)C(O)C1O)OC(=O)CCCC/C=C/CCCCCCCCCCC. The molecule has 0 radical (unpaired) electrons. The van der Waals surface area contributed by atoms with Gasteiger partial charge in [0.25, 0.3) is 0 Å². The van der Waals surface area contributed by atoms with Crippen molar-refractivity contribution in [2.45, 2.75) is 300 Å². The molecule has 0 aromatic rings. The van der Waals surface area contributed by atoms with Gasteiger partial charge in [-0.1, -0.05) is 179 Å². The molecule has 4 unspecified atom stereocenters. The van der Waals surface area contributed by atoms with Gasteiger partial charge in [-0.15, -0.1) is 0 Å². The fourth-order valence-electron chi connectivity index (χ4n) is 9.15. The fraction of sp³-hybridized carbons (Fsp3) is 0.895. The number of ether oxygens (including phenoxy) is 6. The van der Waals surface area contributed by atoms with E-state index in [1.54, 1.807) is 0 Å². The molecule has 11 atom stereocenters. The predicted octanol–water partition coefficient (Wildman–Crippen LogP) is 9.50. The summed E-state index contributed by atoms with van der Waals surface area (Å²) in [5, 5.41) is 72.2. The van der Waals surface area contributed by atoms with E-state index in [0.29, 0.717) is 12.8 Å². The first kappa shape index (κ1) is 66.1. The number of aliphatic hydroxyl groups is 7. The first-order chi connectivity index (χ1) is 35.0. The molecule has 15 heteroatoms. The maximum atomic E-state index is 13.0. The van der Waals surface area contributed by atoms with Crippen molar-refractivity contribution in [2.24, 2.45) is 0 Å². The highest BCUT2D eigenvalue weighted by molar-refractivity contribution is 5.70. The molecule has 0 aromatic heterocycles. The zero-order valence-corrected chi connectivity index (χ0v) is 44.9. The molecule has 72 heavy (non-hydrogen) atoms. The second kappa shape index (κ2) is 44.1. The Bertz CT molecular complexity index is 1350. The van der Waals surface area contributed by atoms with E-state index in [1.807, 2.05) is 0 Å². The lowest BCUT2D eigenvalue weighted by atomic mass is 9.98. The summed E-state index contributed by atoms with van der Waals surface area (Å²) < 4.78 is 33.7. The largest absolute Gasteiger partial charge is 0.462 e. The van der Waals surface area contributed by atoms with Crippen LogP contribution in [-0.2, 0) is 38.0 Å². The van der Waals surface area contributed by atoms with Crippen molar-refractivity contribution in [1.29, 1.82) is 0 Å². The highest BCUT2D eigenvalue weighted by Gasteiger charge is 2.47. The van der Waals surface area contributed by atoms with Gasteiger partial charge in [0.05, 0.1) is 19.8 Å². The Morgan fingerprint density at radius 1 is 0.431 bits per heavy atom. The number of unbranched alkanes of at least 4 members (excludes halogenated alkanes) is 28. The van der Waals surface area contributed by atoms with Crippen LogP contribution in [-0.4, -0.2) is 142 Å². The van der Waals surface area contributed by atoms with Crippen LogP contribution >= 0.6 is 0 Å². The van der Waals surface area contributed by atoms with E-state index in [0.717, 1.165) is 38.5 Å². The van der Waals surface area contributed by atoms with Gasteiger partial charge in [-0.25, -0.2) is 0 Å². The molecule has 2 heterocycles. The molecule has 422 valence electrons. The van der Waals surface area contributed by atoms with Gasteiger partial charge in [-0.05, 0) is 64.2 Å². The minimum atomic E-state index is -1.77. The molecule has 0 spiro atoms. The zero-order chi connectivity index (χ0) is 52.4. The van der Waals surface area contributed by atoms with Crippen LogP contribution in [0.1, 0.15) is 232 Å². The third-order valence-electron chi connectivity index (χ3n) is 13.9. The van der Waals surface area contributed by atoms with Gasteiger partial charge in [0.15, 0.2) is 18.7 Å². The van der Waals surface area contributed by atoms with Crippen LogP contribution in [0.2, 0.25) is 0 Å². The summed E-state index contributed by atoms with van der Waals surface area (Å²) in [6.45, 7) is 2.60. The van der Waals surface area contributed by atoms with E-state index in [2.05, 4.69) is 38.2 Å². The van der Waals surface area contributed by atoms with E-state index >= 15 is 0 Å². The third kappa shape index (κ3) is 31.1. The summed E-state index contributed by atoms with van der Waals surface area (Å²) in [5.41, 5.74) is 0. The standard InChI is InChI=1S/C57H104O15/c1-3-5-7-9-11-13-15-17-19-20-21-22-23-24-26-27-29-31-33-35-37-39-48(59)67-42-45(70-49(60)40-38-36-34-32-30-28-25-18-16-14-12-10-8-6-4-2)43-68-56-55(66)53(64)51(62)47(72-56)44-69-57-54(65)52(63)50(61)46(41-58)71-57/h17,19,30,32,45-47,50-58,61-66H,3-16,18,20-29,31,33-44H2,1-2H3/b19-17+,32-30+/t45-,46+,47+,50-,51-,52?,53?,54?,55?,56+,57+/m0/s1. The topological polar surface area (TPSA) is 231 Å². The molecule has 2 saturated heterocycles. The summed E-state index contributed by atoms with van der Waals surface area (Å²) in [4.78, 5) is 25.8. The molecule has 0 amide bonds. The molecular formula is C57H104O15. The van der Waals surface area contributed by atoms with Gasteiger partial charge >= 0.3 is 11.9 Å². The Kier molecular flexibility index (Phi) is 40.5. The Balaban J connectivity index is 1.75. The summed E-state index contributed by atoms with van der Waals surface area (Å²) in [6.07, 6.45) is 30.6. The van der Waals surface area contributed by atoms with Crippen LogP contribution in [0.4, 0.5) is 0 Å². The first-order valence-electron chi connectivity index (χ1n) is 28.9. The van der Waals surface area contributed by atoms with Crippen molar-refractivity contribution in [1.82, 2.24) is 0 Å². The number of carbonyl (C=O) groups is 2. The lowest BCUT2D eigenvalue weighted by molar-refractivity contribution is -0.332. The monoisotopic (exact) mass is 1030 g/mol. The van der Waals surface area contributed by atoms with Gasteiger partial charge < -0.3 is 64.2 Å². The second-order valence-corrected chi connectivity index (χ2v) is 20.5. The molecule has 0 bridgehead atoms. The minimum absolute atomic E-state index is 0.138.